The third-order valence-corrected chi connectivity index (χ3v) is 7.27. The molecular weight excluding hydrogens is 364 g/mol. The molecule has 2 fully saturated rings. The van der Waals surface area contributed by atoms with Crippen molar-refractivity contribution in [3.63, 3.8) is 0 Å². The predicted octanol–water partition coefficient (Wildman–Crippen LogP) is 1.65. The number of unbranched alkanes of at least 4 members (excludes halogenated alkanes) is 1. The Morgan fingerprint density at radius 2 is 1.56 bits per heavy atom. The van der Waals surface area contributed by atoms with Gasteiger partial charge in [0.2, 0.25) is 11.8 Å². The molecule has 0 radical (unpaired) electrons. The fourth-order valence-corrected chi connectivity index (χ4v) is 6.15. The number of aryl methyl sites for hydroxylation is 1. The number of fused-ring (bicyclic) bond motifs is 1. The SMILES string of the molecule is CCC(=O)N1CCN(C(=O)CCCCc2ccccc2)[C@@H]2CS(=O)(=O)C[C@@H]21. The number of carbonyl (C=O) groups is 2. The molecule has 0 saturated carbocycles. The van der Waals surface area contributed by atoms with Crippen molar-refractivity contribution in [2.24, 2.45) is 0 Å². The van der Waals surface area contributed by atoms with E-state index in [0.717, 1.165) is 19.3 Å². The molecule has 7 heteroatoms. The Labute approximate surface area is 161 Å². The molecule has 2 amide bonds. The van der Waals surface area contributed by atoms with Crippen LogP contribution in [0.2, 0.25) is 0 Å². The number of rotatable bonds is 6. The maximum Gasteiger partial charge on any atom is 0.222 e. The summed E-state index contributed by atoms with van der Waals surface area (Å²) in [5.74, 6) is -0.0712. The summed E-state index contributed by atoms with van der Waals surface area (Å²) in [6.45, 7) is 2.64. The molecule has 1 aromatic rings. The van der Waals surface area contributed by atoms with Crippen molar-refractivity contribution in [1.29, 1.82) is 0 Å². The van der Waals surface area contributed by atoms with Gasteiger partial charge in [0.05, 0.1) is 23.6 Å². The molecule has 0 spiro atoms. The van der Waals surface area contributed by atoms with Crippen molar-refractivity contribution in [1.82, 2.24) is 9.80 Å². The summed E-state index contributed by atoms with van der Waals surface area (Å²) in [6.07, 6.45) is 3.43. The van der Waals surface area contributed by atoms with Crippen molar-refractivity contribution in [2.45, 2.75) is 51.1 Å². The maximum absolute atomic E-state index is 12.7. The van der Waals surface area contributed by atoms with Crippen molar-refractivity contribution < 1.29 is 18.0 Å². The van der Waals surface area contributed by atoms with E-state index >= 15 is 0 Å². The summed E-state index contributed by atoms with van der Waals surface area (Å²) < 4.78 is 24.3. The topological polar surface area (TPSA) is 74.8 Å². The molecule has 3 rings (SSSR count). The van der Waals surface area contributed by atoms with Gasteiger partial charge in [-0.05, 0) is 24.8 Å². The summed E-state index contributed by atoms with van der Waals surface area (Å²) >= 11 is 0. The van der Waals surface area contributed by atoms with Crippen LogP contribution in [0.1, 0.15) is 38.2 Å². The van der Waals surface area contributed by atoms with Crippen molar-refractivity contribution in [2.75, 3.05) is 24.6 Å². The normalized spacial score (nSPS) is 23.9. The molecule has 0 aliphatic carbocycles. The lowest BCUT2D eigenvalue weighted by atomic mass is 10.0. The molecule has 0 aromatic heterocycles. The molecule has 2 atom stereocenters. The highest BCUT2D eigenvalue weighted by molar-refractivity contribution is 7.91. The minimum atomic E-state index is -3.22. The van der Waals surface area contributed by atoms with Crippen LogP contribution in [0, 0.1) is 0 Å². The van der Waals surface area contributed by atoms with Crippen LogP contribution in [-0.2, 0) is 25.8 Å². The number of hydrogen-bond acceptors (Lipinski definition) is 4. The molecule has 2 aliphatic rings. The molecule has 0 unspecified atom stereocenters. The van der Waals surface area contributed by atoms with E-state index in [2.05, 4.69) is 12.1 Å². The fourth-order valence-electron chi connectivity index (χ4n) is 4.17. The van der Waals surface area contributed by atoms with Gasteiger partial charge in [0.1, 0.15) is 0 Å². The Morgan fingerprint density at radius 1 is 0.963 bits per heavy atom. The van der Waals surface area contributed by atoms with Gasteiger partial charge in [-0.2, -0.15) is 0 Å². The van der Waals surface area contributed by atoms with E-state index in [1.165, 1.54) is 5.56 Å². The van der Waals surface area contributed by atoms with Gasteiger partial charge in [-0.25, -0.2) is 8.42 Å². The zero-order valence-electron chi connectivity index (χ0n) is 15.8. The van der Waals surface area contributed by atoms with Crippen LogP contribution in [0.4, 0.5) is 0 Å². The number of sulfone groups is 1. The number of benzene rings is 1. The Balaban J connectivity index is 1.57. The average molecular weight is 393 g/mol. The number of piperazine rings is 1. The highest BCUT2D eigenvalue weighted by Gasteiger charge is 2.48. The second-order valence-corrected chi connectivity index (χ2v) is 9.59. The Bertz CT molecular complexity index is 778. The number of amides is 2. The van der Waals surface area contributed by atoms with E-state index < -0.39 is 9.84 Å². The van der Waals surface area contributed by atoms with E-state index in [4.69, 9.17) is 0 Å². The lowest BCUT2D eigenvalue weighted by Gasteiger charge is -2.44. The molecule has 6 nitrogen and oxygen atoms in total. The van der Waals surface area contributed by atoms with E-state index in [0.29, 0.717) is 25.9 Å². The van der Waals surface area contributed by atoms with Crippen LogP contribution < -0.4 is 0 Å². The molecule has 27 heavy (non-hydrogen) atoms. The summed E-state index contributed by atoms with van der Waals surface area (Å²) in [4.78, 5) is 28.3. The van der Waals surface area contributed by atoms with Crippen LogP contribution in [0.5, 0.6) is 0 Å². The lowest BCUT2D eigenvalue weighted by Crippen LogP contribution is -2.61. The zero-order valence-corrected chi connectivity index (χ0v) is 16.7. The minimum absolute atomic E-state index is 0.0127. The van der Waals surface area contributed by atoms with Crippen molar-refractivity contribution in [3.8, 4) is 0 Å². The average Bonchev–Trinajstić information content (AvgIpc) is 2.99. The van der Waals surface area contributed by atoms with Crippen LogP contribution in [-0.4, -0.2) is 66.7 Å². The molecule has 0 bridgehead atoms. The molecule has 1 aromatic carbocycles. The molecule has 2 heterocycles. The molecule has 148 valence electrons. The first-order chi connectivity index (χ1) is 12.9. The van der Waals surface area contributed by atoms with E-state index in [1.807, 2.05) is 18.2 Å². The monoisotopic (exact) mass is 392 g/mol. The van der Waals surface area contributed by atoms with Gasteiger partial charge >= 0.3 is 0 Å². The maximum atomic E-state index is 12.7. The first-order valence-electron chi connectivity index (χ1n) is 9.74. The zero-order chi connectivity index (χ0) is 19.4. The highest BCUT2D eigenvalue weighted by atomic mass is 32.2. The third-order valence-electron chi connectivity index (χ3n) is 5.57. The standard InChI is InChI=1S/C20H28N2O4S/c1-2-19(23)21-12-13-22(18-15-27(25,26)14-17(18)21)20(24)11-7-6-10-16-8-4-3-5-9-16/h3-5,8-9,17-18H,2,6-7,10-15H2,1H3/t17-,18+/m0/s1. The quantitative estimate of drug-likeness (QED) is 0.690. The highest BCUT2D eigenvalue weighted by Crippen LogP contribution is 2.28. The summed E-state index contributed by atoms with van der Waals surface area (Å²) in [5, 5.41) is 0. The van der Waals surface area contributed by atoms with Gasteiger partial charge in [-0.1, -0.05) is 37.3 Å². The summed E-state index contributed by atoms with van der Waals surface area (Å²) in [5.41, 5.74) is 1.26. The number of hydrogen-bond donors (Lipinski definition) is 0. The molecule has 0 N–H and O–H groups in total. The van der Waals surface area contributed by atoms with Gasteiger partial charge in [-0.15, -0.1) is 0 Å². The van der Waals surface area contributed by atoms with Crippen LogP contribution in [0.15, 0.2) is 30.3 Å². The van der Waals surface area contributed by atoms with Gasteiger partial charge in [0, 0.05) is 25.9 Å². The Morgan fingerprint density at radius 3 is 2.15 bits per heavy atom. The Hall–Kier alpha value is -1.89. The summed E-state index contributed by atoms with van der Waals surface area (Å²) in [6, 6.07) is 9.41. The largest absolute Gasteiger partial charge is 0.335 e. The van der Waals surface area contributed by atoms with Crippen LogP contribution in [0.25, 0.3) is 0 Å². The molecule has 2 aliphatic heterocycles. The molecule has 2 saturated heterocycles. The number of carbonyl (C=O) groups excluding carboxylic acids is 2. The van der Waals surface area contributed by atoms with Crippen molar-refractivity contribution >= 4 is 21.7 Å². The lowest BCUT2D eigenvalue weighted by molar-refractivity contribution is -0.145. The third kappa shape index (κ3) is 4.69. The van der Waals surface area contributed by atoms with E-state index in [9.17, 15) is 18.0 Å². The first-order valence-corrected chi connectivity index (χ1v) is 11.6. The predicted molar refractivity (Wildman–Crippen MR) is 104 cm³/mol. The van der Waals surface area contributed by atoms with Gasteiger partial charge in [-0.3, -0.25) is 9.59 Å². The smallest absolute Gasteiger partial charge is 0.222 e. The van der Waals surface area contributed by atoms with Crippen LogP contribution in [0.3, 0.4) is 0 Å². The second-order valence-electron chi connectivity index (χ2n) is 7.43. The second kappa shape index (κ2) is 8.42. The van der Waals surface area contributed by atoms with E-state index in [1.54, 1.807) is 16.7 Å². The number of nitrogens with zero attached hydrogens (tertiary/aromatic N) is 2. The van der Waals surface area contributed by atoms with E-state index in [-0.39, 0.29) is 35.4 Å². The summed E-state index contributed by atoms with van der Waals surface area (Å²) in [7, 11) is -3.22. The fraction of sp³-hybridized carbons (Fsp3) is 0.600. The van der Waals surface area contributed by atoms with Crippen LogP contribution >= 0.6 is 0 Å². The Kier molecular flexibility index (Phi) is 6.19. The minimum Gasteiger partial charge on any atom is -0.335 e. The van der Waals surface area contributed by atoms with Gasteiger partial charge in [0.25, 0.3) is 0 Å². The van der Waals surface area contributed by atoms with Gasteiger partial charge < -0.3 is 9.80 Å². The first kappa shape index (κ1) is 19.9. The molecular formula is C20H28N2O4S. The van der Waals surface area contributed by atoms with Gasteiger partial charge in [0.15, 0.2) is 9.84 Å². The van der Waals surface area contributed by atoms with Crippen molar-refractivity contribution in [3.05, 3.63) is 35.9 Å².